The number of alkyl halides is 2. The van der Waals surface area contributed by atoms with Gasteiger partial charge in [0.2, 0.25) is 5.43 Å². The van der Waals surface area contributed by atoms with Gasteiger partial charge in [-0.3, -0.25) is 9.78 Å². The molecule has 0 aliphatic rings. The zero-order chi connectivity index (χ0) is 11.0. The summed E-state index contributed by atoms with van der Waals surface area (Å²) in [4.78, 5) is 17.9. The van der Waals surface area contributed by atoms with E-state index < -0.39 is 17.5 Å². The first kappa shape index (κ1) is 10.2. The molecule has 15 heavy (non-hydrogen) atoms. The van der Waals surface area contributed by atoms with Crippen molar-refractivity contribution in [3.8, 4) is 0 Å². The number of nitrogens with one attached hydrogen (secondary N) is 1. The fourth-order valence-corrected chi connectivity index (χ4v) is 1.76. The summed E-state index contributed by atoms with van der Waals surface area (Å²) in [5.74, 6) is 0. The van der Waals surface area contributed by atoms with E-state index in [-0.39, 0.29) is 9.86 Å². The van der Waals surface area contributed by atoms with Gasteiger partial charge in [-0.15, -0.1) is 0 Å². The standard InChI is InChI=1S/C9H5BrF2N2O/c10-6-7(9(11)12)14-5-1-2-13-3-4(5)8(6)15/h1-3,9H,(H,14,15). The van der Waals surface area contributed by atoms with Crippen molar-refractivity contribution in [2.75, 3.05) is 0 Å². The second-order valence-electron chi connectivity index (χ2n) is 2.90. The molecule has 2 heterocycles. The second kappa shape index (κ2) is 3.69. The number of H-pyrrole nitrogens is 1. The lowest BCUT2D eigenvalue weighted by Gasteiger charge is -2.05. The van der Waals surface area contributed by atoms with Crippen LogP contribution in [0, 0.1) is 0 Å². The van der Waals surface area contributed by atoms with Crippen LogP contribution >= 0.6 is 15.9 Å². The number of halogens is 3. The zero-order valence-corrected chi connectivity index (χ0v) is 8.88. The minimum atomic E-state index is -2.72. The lowest BCUT2D eigenvalue weighted by Crippen LogP contribution is -2.09. The van der Waals surface area contributed by atoms with Gasteiger partial charge < -0.3 is 4.98 Å². The molecular formula is C9H5BrF2N2O. The highest BCUT2D eigenvalue weighted by Crippen LogP contribution is 2.24. The molecule has 1 N–H and O–H groups in total. The summed E-state index contributed by atoms with van der Waals surface area (Å²) in [6, 6.07) is 1.48. The van der Waals surface area contributed by atoms with E-state index in [1.165, 1.54) is 18.5 Å². The van der Waals surface area contributed by atoms with Crippen LogP contribution in [0.15, 0.2) is 27.7 Å². The average molecular weight is 275 g/mol. The van der Waals surface area contributed by atoms with E-state index in [0.717, 1.165) is 0 Å². The molecule has 2 rings (SSSR count). The van der Waals surface area contributed by atoms with Crippen LogP contribution in [-0.2, 0) is 0 Å². The maximum atomic E-state index is 12.5. The van der Waals surface area contributed by atoms with Gasteiger partial charge >= 0.3 is 0 Å². The van der Waals surface area contributed by atoms with Gasteiger partial charge in [0.25, 0.3) is 6.43 Å². The normalized spacial score (nSPS) is 11.2. The van der Waals surface area contributed by atoms with Crippen LogP contribution in [0.5, 0.6) is 0 Å². The molecule has 0 fully saturated rings. The molecule has 78 valence electrons. The van der Waals surface area contributed by atoms with Gasteiger partial charge in [0.05, 0.1) is 15.4 Å². The van der Waals surface area contributed by atoms with Gasteiger partial charge in [-0.1, -0.05) is 0 Å². The van der Waals surface area contributed by atoms with Crippen molar-refractivity contribution < 1.29 is 8.78 Å². The predicted molar refractivity (Wildman–Crippen MR) is 55.0 cm³/mol. The number of hydrogen-bond acceptors (Lipinski definition) is 2. The number of fused-ring (bicyclic) bond motifs is 1. The second-order valence-corrected chi connectivity index (χ2v) is 3.70. The number of nitrogens with zero attached hydrogens (tertiary/aromatic N) is 1. The Morgan fingerprint density at radius 1 is 1.47 bits per heavy atom. The van der Waals surface area contributed by atoms with Crippen molar-refractivity contribution in [1.82, 2.24) is 9.97 Å². The molecule has 2 aromatic heterocycles. The summed E-state index contributed by atoms with van der Waals surface area (Å²) in [6.07, 6.45) is 0.0555. The fraction of sp³-hybridized carbons (Fsp3) is 0.111. The van der Waals surface area contributed by atoms with E-state index in [1.54, 1.807) is 0 Å². The third kappa shape index (κ3) is 1.65. The highest BCUT2D eigenvalue weighted by Gasteiger charge is 2.16. The first-order valence-electron chi connectivity index (χ1n) is 4.05. The minimum absolute atomic E-state index is 0.141. The van der Waals surface area contributed by atoms with Crippen molar-refractivity contribution in [3.05, 3.63) is 38.9 Å². The predicted octanol–water partition coefficient (Wildman–Crippen LogP) is 2.62. The van der Waals surface area contributed by atoms with Gasteiger partial charge in [0.15, 0.2) is 0 Å². The molecular weight excluding hydrogens is 270 g/mol. The molecule has 0 spiro atoms. The Labute approximate surface area is 91.3 Å². The molecule has 0 unspecified atom stereocenters. The van der Waals surface area contributed by atoms with Crippen LogP contribution in [-0.4, -0.2) is 9.97 Å². The third-order valence-corrected chi connectivity index (χ3v) is 2.78. The Kier molecular flexibility index (Phi) is 2.52. The van der Waals surface area contributed by atoms with Crippen molar-refractivity contribution in [1.29, 1.82) is 0 Å². The van der Waals surface area contributed by atoms with Crippen molar-refractivity contribution in [2.45, 2.75) is 6.43 Å². The van der Waals surface area contributed by atoms with E-state index in [4.69, 9.17) is 0 Å². The highest BCUT2D eigenvalue weighted by atomic mass is 79.9. The summed E-state index contributed by atoms with van der Waals surface area (Å²) in [5, 5.41) is 0.286. The number of rotatable bonds is 1. The zero-order valence-electron chi connectivity index (χ0n) is 7.30. The summed E-state index contributed by atoms with van der Waals surface area (Å²) in [5.41, 5.74) is -0.528. The van der Waals surface area contributed by atoms with E-state index in [9.17, 15) is 13.6 Å². The number of aromatic amines is 1. The molecule has 2 aromatic rings. The monoisotopic (exact) mass is 274 g/mol. The smallest absolute Gasteiger partial charge is 0.279 e. The molecule has 0 saturated heterocycles. The van der Waals surface area contributed by atoms with E-state index in [0.29, 0.717) is 5.52 Å². The molecule has 0 amide bonds. The van der Waals surface area contributed by atoms with Gasteiger partial charge in [-0.2, -0.15) is 0 Å². The first-order valence-corrected chi connectivity index (χ1v) is 4.84. The molecule has 0 saturated carbocycles. The Morgan fingerprint density at radius 3 is 2.87 bits per heavy atom. The molecule has 6 heteroatoms. The van der Waals surface area contributed by atoms with Gasteiger partial charge in [-0.05, 0) is 22.0 Å². The van der Waals surface area contributed by atoms with Crippen LogP contribution in [0.3, 0.4) is 0 Å². The lowest BCUT2D eigenvalue weighted by atomic mass is 10.2. The van der Waals surface area contributed by atoms with Crippen LogP contribution in [0.2, 0.25) is 0 Å². The molecule has 0 aromatic carbocycles. The molecule has 0 radical (unpaired) electrons. The third-order valence-electron chi connectivity index (χ3n) is 1.99. The Hall–Kier alpha value is -1.30. The van der Waals surface area contributed by atoms with Gasteiger partial charge in [0.1, 0.15) is 5.69 Å². The molecule has 0 aliphatic heterocycles. The van der Waals surface area contributed by atoms with Gasteiger partial charge in [0, 0.05) is 12.4 Å². The Balaban J connectivity index is 2.89. The molecule has 0 atom stereocenters. The summed E-state index contributed by atoms with van der Waals surface area (Å²) < 4.78 is 24.9. The molecule has 0 bridgehead atoms. The Morgan fingerprint density at radius 2 is 2.20 bits per heavy atom. The van der Waals surface area contributed by atoms with Crippen molar-refractivity contribution in [2.24, 2.45) is 0 Å². The maximum Gasteiger partial charge on any atom is 0.279 e. The number of aromatic nitrogens is 2. The first-order chi connectivity index (χ1) is 7.11. The van der Waals surface area contributed by atoms with Crippen LogP contribution in [0.25, 0.3) is 10.9 Å². The summed E-state index contributed by atoms with van der Waals surface area (Å²) in [7, 11) is 0. The van der Waals surface area contributed by atoms with E-state index in [1.807, 2.05) is 0 Å². The number of pyridine rings is 2. The maximum absolute atomic E-state index is 12.5. The van der Waals surface area contributed by atoms with E-state index >= 15 is 0 Å². The highest BCUT2D eigenvalue weighted by molar-refractivity contribution is 9.10. The molecule has 0 aliphatic carbocycles. The fourth-order valence-electron chi connectivity index (χ4n) is 1.28. The van der Waals surface area contributed by atoms with Crippen LogP contribution in [0.4, 0.5) is 8.78 Å². The average Bonchev–Trinajstić information content (AvgIpc) is 2.23. The minimum Gasteiger partial charge on any atom is -0.352 e. The topological polar surface area (TPSA) is 45.8 Å². The summed E-state index contributed by atoms with van der Waals surface area (Å²) in [6.45, 7) is 0. The Bertz CT molecular complexity index is 568. The number of hydrogen-bond donors (Lipinski definition) is 1. The van der Waals surface area contributed by atoms with E-state index in [2.05, 4.69) is 25.9 Å². The largest absolute Gasteiger partial charge is 0.352 e. The quantitative estimate of drug-likeness (QED) is 0.869. The van der Waals surface area contributed by atoms with Crippen molar-refractivity contribution in [3.63, 3.8) is 0 Å². The van der Waals surface area contributed by atoms with Crippen LogP contribution < -0.4 is 5.43 Å². The van der Waals surface area contributed by atoms with Gasteiger partial charge in [-0.25, -0.2) is 8.78 Å². The SMILES string of the molecule is O=c1c(Br)c(C(F)F)[nH]c2ccncc12. The summed E-state index contributed by atoms with van der Waals surface area (Å²) >= 11 is 2.85. The lowest BCUT2D eigenvalue weighted by molar-refractivity contribution is 0.145. The van der Waals surface area contributed by atoms with Crippen molar-refractivity contribution >= 4 is 26.8 Å². The molecule has 3 nitrogen and oxygen atoms in total. The van der Waals surface area contributed by atoms with Crippen LogP contribution in [0.1, 0.15) is 12.1 Å².